The zero-order valence-electron chi connectivity index (χ0n) is 7.84. The average Bonchev–Trinajstić information content (AvgIpc) is 2.85. The van der Waals surface area contributed by atoms with Crippen LogP contribution in [0, 0.1) is 0 Å². The van der Waals surface area contributed by atoms with Gasteiger partial charge in [0.05, 0.1) is 6.54 Å². The molecule has 0 aliphatic heterocycles. The van der Waals surface area contributed by atoms with Crippen molar-refractivity contribution in [3.8, 4) is 0 Å². The predicted octanol–water partition coefficient (Wildman–Crippen LogP) is 0.898. The molecule has 6 nitrogen and oxygen atoms in total. The van der Waals surface area contributed by atoms with Crippen LogP contribution in [-0.2, 0) is 13.1 Å². The summed E-state index contributed by atoms with van der Waals surface area (Å²) in [6.07, 6.45) is 4.99. The molecule has 0 saturated heterocycles. The molecule has 6 heteroatoms. The van der Waals surface area contributed by atoms with Crippen molar-refractivity contribution in [2.24, 2.45) is 0 Å². The van der Waals surface area contributed by atoms with Crippen molar-refractivity contribution in [3.05, 3.63) is 24.6 Å². The number of hydrogen-bond donors (Lipinski definition) is 1. The molecule has 1 N–H and O–H groups in total. The number of rotatable bonds is 4. The van der Waals surface area contributed by atoms with Crippen molar-refractivity contribution < 1.29 is 4.42 Å². The fourth-order valence-corrected chi connectivity index (χ4v) is 1.20. The lowest BCUT2D eigenvalue weighted by Crippen LogP contribution is -2.07. The summed E-state index contributed by atoms with van der Waals surface area (Å²) in [4.78, 5) is 4.20. The Balaban J connectivity index is 1.98. The van der Waals surface area contributed by atoms with Gasteiger partial charge in [-0.2, -0.15) is 0 Å². The molecule has 0 aromatic carbocycles. The summed E-state index contributed by atoms with van der Waals surface area (Å²) in [6, 6.07) is 0.413. The van der Waals surface area contributed by atoms with Crippen molar-refractivity contribution in [2.45, 2.75) is 20.0 Å². The highest BCUT2D eigenvalue weighted by molar-refractivity contribution is 5.16. The standard InChI is InChI=1S/C8H11N5O/c1-2-13-4-3-9-7(13)5-10-8-12-11-6-14-8/h3-4,6H,2,5H2,1H3,(H,10,12). The summed E-state index contributed by atoms with van der Waals surface area (Å²) < 4.78 is 6.98. The van der Waals surface area contributed by atoms with Gasteiger partial charge in [-0.1, -0.05) is 5.10 Å². The van der Waals surface area contributed by atoms with E-state index in [1.807, 2.05) is 10.8 Å². The Morgan fingerprint density at radius 3 is 3.21 bits per heavy atom. The van der Waals surface area contributed by atoms with Gasteiger partial charge in [-0.05, 0) is 6.92 Å². The summed E-state index contributed by atoms with van der Waals surface area (Å²) in [5.41, 5.74) is 0. The van der Waals surface area contributed by atoms with Gasteiger partial charge in [-0.15, -0.1) is 5.10 Å². The lowest BCUT2D eigenvalue weighted by molar-refractivity contribution is 0.562. The van der Waals surface area contributed by atoms with Crippen molar-refractivity contribution >= 4 is 6.01 Å². The Kier molecular flexibility index (Phi) is 2.44. The largest absolute Gasteiger partial charge is 0.411 e. The van der Waals surface area contributed by atoms with Crippen LogP contribution >= 0.6 is 0 Å². The van der Waals surface area contributed by atoms with E-state index in [0.717, 1.165) is 12.4 Å². The molecule has 74 valence electrons. The number of hydrogen-bond acceptors (Lipinski definition) is 5. The van der Waals surface area contributed by atoms with Gasteiger partial charge in [0.25, 0.3) is 0 Å². The van der Waals surface area contributed by atoms with E-state index in [4.69, 9.17) is 4.42 Å². The van der Waals surface area contributed by atoms with Crippen LogP contribution in [-0.4, -0.2) is 19.7 Å². The average molecular weight is 193 g/mol. The van der Waals surface area contributed by atoms with Gasteiger partial charge in [-0.25, -0.2) is 4.98 Å². The second kappa shape index (κ2) is 3.91. The van der Waals surface area contributed by atoms with Crippen LogP contribution in [0.15, 0.2) is 23.2 Å². The number of anilines is 1. The third-order valence-corrected chi connectivity index (χ3v) is 1.90. The van der Waals surface area contributed by atoms with E-state index in [-0.39, 0.29) is 0 Å². The van der Waals surface area contributed by atoms with Crippen LogP contribution in [0.5, 0.6) is 0 Å². The Labute approximate surface area is 81.0 Å². The Bertz CT molecular complexity index is 380. The third kappa shape index (κ3) is 1.73. The minimum absolute atomic E-state index is 0.413. The third-order valence-electron chi connectivity index (χ3n) is 1.90. The minimum atomic E-state index is 0.413. The highest BCUT2D eigenvalue weighted by Crippen LogP contribution is 2.03. The van der Waals surface area contributed by atoms with Gasteiger partial charge in [0.2, 0.25) is 6.39 Å². The molecule has 0 unspecified atom stereocenters. The second-order valence-corrected chi connectivity index (χ2v) is 2.73. The molecule has 0 radical (unpaired) electrons. The maximum absolute atomic E-state index is 4.93. The molecule has 0 atom stereocenters. The van der Waals surface area contributed by atoms with E-state index in [1.165, 1.54) is 6.39 Å². The normalized spacial score (nSPS) is 10.4. The van der Waals surface area contributed by atoms with Crippen LogP contribution in [0.1, 0.15) is 12.7 Å². The van der Waals surface area contributed by atoms with Crippen LogP contribution in [0.25, 0.3) is 0 Å². The molecule has 2 rings (SSSR count). The van der Waals surface area contributed by atoms with Crippen LogP contribution in [0.4, 0.5) is 6.01 Å². The molecule has 14 heavy (non-hydrogen) atoms. The monoisotopic (exact) mass is 193 g/mol. The smallest absolute Gasteiger partial charge is 0.315 e. The molecular weight excluding hydrogens is 182 g/mol. The zero-order chi connectivity index (χ0) is 9.80. The zero-order valence-corrected chi connectivity index (χ0v) is 7.84. The number of nitrogens with zero attached hydrogens (tertiary/aromatic N) is 4. The number of imidazole rings is 1. The SMILES string of the molecule is CCn1ccnc1CNc1nnco1. The van der Waals surface area contributed by atoms with Gasteiger partial charge in [-0.3, -0.25) is 0 Å². The highest BCUT2D eigenvalue weighted by atomic mass is 16.4. The van der Waals surface area contributed by atoms with Crippen molar-refractivity contribution in [1.82, 2.24) is 19.7 Å². The van der Waals surface area contributed by atoms with Crippen molar-refractivity contribution in [1.29, 1.82) is 0 Å². The predicted molar refractivity (Wildman–Crippen MR) is 49.5 cm³/mol. The quantitative estimate of drug-likeness (QED) is 0.781. The first-order chi connectivity index (χ1) is 6.90. The molecule has 0 spiro atoms. The minimum Gasteiger partial charge on any atom is -0.411 e. The molecule has 2 heterocycles. The van der Waals surface area contributed by atoms with E-state index < -0.39 is 0 Å². The van der Waals surface area contributed by atoms with Gasteiger partial charge in [0.15, 0.2) is 0 Å². The number of nitrogens with one attached hydrogen (secondary N) is 1. The molecule has 0 fully saturated rings. The van der Waals surface area contributed by atoms with Gasteiger partial charge < -0.3 is 14.3 Å². The Morgan fingerprint density at radius 1 is 1.57 bits per heavy atom. The lowest BCUT2D eigenvalue weighted by atomic mass is 10.5. The first-order valence-electron chi connectivity index (χ1n) is 4.40. The van der Waals surface area contributed by atoms with E-state index in [0.29, 0.717) is 12.6 Å². The molecule has 0 aliphatic rings. The van der Waals surface area contributed by atoms with Crippen molar-refractivity contribution in [2.75, 3.05) is 5.32 Å². The highest BCUT2D eigenvalue weighted by Gasteiger charge is 2.02. The fourth-order valence-electron chi connectivity index (χ4n) is 1.20. The van der Waals surface area contributed by atoms with Gasteiger partial charge in [0, 0.05) is 18.9 Å². The van der Waals surface area contributed by atoms with E-state index in [1.54, 1.807) is 6.20 Å². The van der Waals surface area contributed by atoms with Gasteiger partial charge in [0.1, 0.15) is 5.82 Å². The lowest BCUT2D eigenvalue weighted by Gasteiger charge is -2.03. The van der Waals surface area contributed by atoms with E-state index >= 15 is 0 Å². The summed E-state index contributed by atoms with van der Waals surface area (Å²) in [6.45, 7) is 3.56. The molecule has 0 amide bonds. The number of aryl methyl sites for hydroxylation is 1. The van der Waals surface area contributed by atoms with Gasteiger partial charge >= 0.3 is 6.01 Å². The van der Waals surface area contributed by atoms with Crippen LogP contribution in [0.3, 0.4) is 0 Å². The topological polar surface area (TPSA) is 68.8 Å². The fraction of sp³-hybridized carbons (Fsp3) is 0.375. The maximum Gasteiger partial charge on any atom is 0.315 e. The maximum atomic E-state index is 4.93. The Morgan fingerprint density at radius 2 is 2.50 bits per heavy atom. The second-order valence-electron chi connectivity index (χ2n) is 2.73. The molecule has 0 aliphatic carbocycles. The first kappa shape index (κ1) is 8.74. The molecule has 0 saturated carbocycles. The summed E-state index contributed by atoms with van der Waals surface area (Å²) in [5, 5.41) is 10.2. The van der Waals surface area contributed by atoms with E-state index in [9.17, 15) is 0 Å². The number of aromatic nitrogens is 4. The first-order valence-corrected chi connectivity index (χ1v) is 4.40. The summed E-state index contributed by atoms with van der Waals surface area (Å²) in [5.74, 6) is 0.950. The molecular formula is C8H11N5O. The van der Waals surface area contributed by atoms with Crippen LogP contribution < -0.4 is 5.32 Å². The Hall–Kier alpha value is -1.85. The molecule has 0 bridgehead atoms. The van der Waals surface area contributed by atoms with E-state index in [2.05, 4.69) is 27.4 Å². The van der Waals surface area contributed by atoms with Crippen molar-refractivity contribution in [3.63, 3.8) is 0 Å². The molecule has 2 aromatic heterocycles. The summed E-state index contributed by atoms with van der Waals surface area (Å²) >= 11 is 0. The summed E-state index contributed by atoms with van der Waals surface area (Å²) in [7, 11) is 0. The van der Waals surface area contributed by atoms with Crippen LogP contribution in [0.2, 0.25) is 0 Å². The molecule has 2 aromatic rings.